The second kappa shape index (κ2) is 9.30. The first-order valence-electron chi connectivity index (χ1n) is 7.97. The summed E-state index contributed by atoms with van der Waals surface area (Å²) in [4.78, 5) is 0. The molecular formula is C16H32S. The number of unbranched alkanes of at least 4 members (excludes halogenated alkanes) is 4. The van der Waals surface area contributed by atoms with Crippen molar-refractivity contribution in [1.29, 1.82) is 0 Å². The van der Waals surface area contributed by atoms with Crippen LogP contribution in [0.1, 0.15) is 90.9 Å². The predicted molar refractivity (Wildman–Crippen MR) is 81.9 cm³/mol. The van der Waals surface area contributed by atoms with E-state index >= 15 is 0 Å². The molecule has 17 heavy (non-hydrogen) atoms. The number of rotatable bonds is 9. The molecule has 1 fully saturated rings. The minimum Gasteiger partial charge on any atom is -0.155 e. The van der Waals surface area contributed by atoms with E-state index in [1.807, 2.05) is 0 Å². The molecule has 1 aliphatic carbocycles. The van der Waals surface area contributed by atoms with Gasteiger partial charge in [-0.05, 0) is 31.4 Å². The van der Waals surface area contributed by atoms with Crippen LogP contribution in [0.25, 0.3) is 0 Å². The monoisotopic (exact) mass is 256 g/mol. The van der Waals surface area contributed by atoms with Crippen LogP contribution in [0.2, 0.25) is 0 Å². The second-order valence-electron chi connectivity index (χ2n) is 5.76. The predicted octanol–water partition coefficient (Wildman–Crippen LogP) is 6.19. The Morgan fingerprint density at radius 2 is 1.53 bits per heavy atom. The zero-order valence-corrected chi connectivity index (χ0v) is 12.9. The molecule has 1 saturated carbocycles. The Hall–Kier alpha value is 0.350. The largest absolute Gasteiger partial charge is 0.155 e. The standard InChI is InChI=1S/C16H32S/c1-3-5-7-11-15-17-16(12-6-4-2)13-9-8-10-14-16/h3-15H2,1-2H3. The summed E-state index contributed by atoms with van der Waals surface area (Å²) in [6, 6.07) is 0. The maximum atomic E-state index is 2.34. The van der Waals surface area contributed by atoms with Crippen molar-refractivity contribution in [3.8, 4) is 0 Å². The molecule has 1 aliphatic rings. The van der Waals surface area contributed by atoms with Crippen LogP contribution >= 0.6 is 11.8 Å². The second-order valence-corrected chi connectivity index (χ2v) is 7.32. The maximum Gasteiger partial charge on any atom is 0.0160 e. The maximum absolute atomic E-state index is 2.34. The summed E-state index contributed by atoms with van der Waals surface area (Å²) in [5.41, 5.74) is 0. The highest BCUT2D eigenvalue weighted by Gasteiger charge is 2.31. The highest BCUT2D eigenvalue weighted by Crippen LogP contribution is 2.44. The van der Waals surface area contributed by atoms with Gasteiger partial charge in [0.1, 0.15) is 0 Å². The highest BCUT2D eigenvalue weighted by molar-refractivity contribution is 8.00. The molecule has 0 aliphatic heterocycles. The normalized spacial score (nSPS) is 19.4. The average molecular weight is 256 g/mol. The summed E-state index contributed by atoms with van der Waals surface area (Å²) in [6.07, 6.45) is 17.5. The van der Waals surface area contributed by atoms with Gasteiger partial charge in [-0.1, -0.05) is 65.2 Å². The molecule has 0 spiro atoms. The zero-order chi connectivity index (χ0) is 12.4. The summed E-state index contributed by atoms with van der Waals surface area (Å²) in [5, 5.41) is 0. The average Bonchev–Trinajstić information content (AvgIpc) is 2.37. The van der Waals surface area contributed by atoms with E-state index in [2.05, 4.69) is 25.6 Å². The fraction of sp³-hybridized carbons (Fsp3) is 1.00. The van der Waals surface area contributed by atoms with E-state index in [4.69, 9.17) is 0 Å². The molecule has 0 aromatic heterocycles. The fourth-order valence-corrected chi connectivity index (χ4v) is 4.63. The Morgan fingerprint density at radius 3 is 2.18 bits per heavy atom. The van der Waals surface area contributed by atoms with Gasteiger partial charge in [-0.25, -0.2) is 0 Å². The molecule has 0 nitrogen and oxygen atoms in total. The molecule has 1 heteroatoms. The van der Waals surface area contributed by atoms with Crippen LogP contribution in [0.3, 0.4) is 0 Å². The number of hydrogen-bond acceptors (Lipinski definition) is 1. The fourth-order valence-electron chi connectivity index (χ4n) is 2.98. The van der Waals surface area contributed by atoms with Gasteiger partial charge in [0.25, 0.3) is 0 Å². The summed E-state index contributed by atoms with van der Waals surface area (Å²) >= 11 is 2.34. The van der Waals surface area contributed by atoms with Crippen molar-refractivity contribution in [1.82, 2.24) is 0 Å². The lowest BCUT2D eigenvalue weighted by Gasteiger charge is -2.37. The lowest BCUT2D eigenvalue weighted by Crippen LogP contribution is -2.28. The molecule has 0 N–H and O–H groups in total. The van der Waals surface area contributed by atoms with Crippen LogP contribution in [0.5, 0.6) is 0 Å². The summed E-state index contributed by atoms with van der Waals surface area (Å²) in [5.74, 6) is 1.42. The summed E-state index contributed by atoms with van der Waals surface area (Å²) < 4.78 is 0.695. The smallest absolute Gasteiger partial charge is 0.0160 e. The summed E-state index contributed by atoms with van der Waals surface area (Å²) in [7, 11) is 0. The Morgan fingerprint density at radius 1 is 0.824 bits per heavy atom. The molecule has 0 atom stereocenters. The van der Waals surface area contributed by atoms with Crippen molar-refractivity contribution >= 4 is 11.8 Å². The third-order valence-corrected chi connectivity index (χ3v) is 5.87. The quantitative estimate of drug-likeness (QED) is 0.443. The third kappa shape index (κ3) is 6.18. The van der Waals surface area contributed by atoms with Gasteiger partial charge in [0.2, 0.25) is 0 Å². The van der Waals surface area contributed by atoms with Crippen molar-refractivity contribution in [3.05, 3.63) is 0 Å². The number of thioether (sulfide) groups is 1. The van der Waals surface area contributed by atoms with Crippen molar-refractivity contribution in [2.24, 2.45) is 0 Å². The van der Waals surface area contributed by atoms with E-state index in [0.29, 0.717) is 4.75 Å². The highest BCUT2D eigenvalue weighted by atomic mass is 32.2. The third-order valence-electron chi connectivity index (χ3n) is 4.16. The van der Waals surface area contributed by atoms with Crippen molar-refractivity contribution in [2.75, 3.05) is 5.75 Å². The molecule has 0 aromatic carbocycles. The van der Waals surface area contributed by atoms with Crippen LogP contribution in [-0.2, 0) is 0 Å². The van der Waals surface area contributed by atoms with E-state index in [1.165, 1.54) is 82.8 Å². The van der Waals surface area contributed by atoms with E-state index < -0.39 is 0 Å². The summed E-state index contributed by atoms with van der Waals surface area (Å²) in [6.45, 7) is 4.64. The molecule has 0 bridgehead atoms. The Kier molecular flexibility index (Phi) is 8.43. The van der Waals surface area contributed by atoms with E-state index in [-0.39, 0.29) is 0 Å². The SMILES string of the molecule is CCCCCCSC1(CCCC)CCCCC1. The van der Waals surface area contributed by atoms with Crippen LogP contribution in [0.15, 0.2) is 0 Å². The molecule has 0 radical (unpaired) electrons. The first-order valence-corrected chi connectivity index (χ1v) is 8.95. The lowest BCUT2D eigenvalue weighted by molar-refractivity contribution is 0.369. The minimum atomic E-state index is 0.695. The Labute approximate surface area is 113 Å². The molecule has 1 rings (SSSR count). The van der Waals surface area contributed by atoms with Gasteiger partial charge in [-0.15, -0.1) is 0 Å². The topological polar surface area (TPSA) is 0 Å². The minimum absolute atomic E-state index is 0.695. The van der Waals surface area contributed by atoms with Gasteiger partial charge in [-0.3, -0.25) is 0 Å². The van der Waals surface area contributed by atoms with Crippen molar-refractivity contribution in [2.45, 2.75) is 95.6 Å². The van der Waals surface area contributed by atoms with E-state index in [1.54, 1.807) is 0 Å². The van der Waals surface area contributed by atoms with Gasteiger partial charge in [0, 0.05) is 4.75 Å². The van der Waals surface area contributed by atoms with Crippen molar-refractivity contribution < 1.29 is 0 Å². The molecule has 0 unspecified atom stereocenters. The van der Waals surface area contributed by atoms with Crippen LogP contribution < -0.4 is 0 Å². The van der Waals surface area contributed by atoms with Crippen LogP contribution in [0, 0.1) is 0 Å². The Balaban J connectivity index is 2.24. The van der Waals surface area contributed by atoms with E-state index in [9.17, 15) is 0 Å². The van der Waals surface area contributed by atoms with Gasteiger partial charge >= 0.3 is 0 Å². The van der Waals surface area contributed by atoms with Gasteiger partial charge in [0.15, 0.2) is 0 Å². The number of hydrogen-bond donors (Lipinski definition) is 0. The zero-order valence-electron chi connectivity index (χ0n) is 12.1. The van der Waals surface area contributed by atoms with Crippen molar-refractivity contribution in [3.63, 3.8) is 0 Å². The molecule has 0 aromatic rings. The van der Waals surface area contributed by atoms with Gasteiger partial charge < -0.3 is 0 Å². The van der Waals surface area contributed by atoms with Crippen LogP contribution in [-0.4, -0.2) is 10.5 Å². The van der Waals surface area contributed by atoms with Gasteiger partial charge in [0.05, 0.1) is 0 Å². The van der Waals surface area contributed by atoms with Crippen LogP contribution in [0.4, 0.5) is 0 Å². The molecule has 0 amide bonds. The molecular weight excluding hydrogens is 224 g/mol. The lowest BCUT2D eigenvalue weighted by atomic mass is 9.85. The Bertz CT molecular complexity index is 170. The molecule has 102 valence electrons. The first-order chi connectivity index (χ1) is 8.33. The molecule has 0 saturated heterocycles. The first kappa shape index (κ1) is 15.4. The molecule has 0 heterocycles. The van der Waals surface area contributed by atoms with Gasteiger partial charge in [-0.2, -0.15) is 11.8 Å². The van der Waals surface area contributed by atoms with E-state index in [0.717, 1.165) is 0 Å².